The van der Waals surface area contributed by atoms with Crippen LogP contribution in [-0.4, -0.2) is 28.3 Å². The van der Waals surface area contributed by atoms with Gasteiger partial charge in [0.2, 0.25) is 0 Å². The highest BCUT2D eigenvalue weighted by Crippen LogP contribution is 2.41. The van der Waals surface area contributed by atoms with Gasteiger partial charge in [-0.05, 0) is 61.4 Å². The number of hydrogen-bond donors (Lipinski definition) is 1. The van der Waals surface area contributed by atoms with E-state index in [1.165, 1.54) is 11.2 Å². The van der Waals surface area contributed by atoms with E-state index in [4.69, 9.17) is 9.15 Å². The van der Waals surface area contributed by atoms with Crippen molar-refractivity contribution in [1.29, 1.82) is 0 Å². The maximum atomic E-state index is 13.1. The lowest BCUT2D eigenvalue weighted by molar-refractivity contribution is -0.140. The Balaban J connectivity index is 1.84. The van der Waals surface area contributed by atoms with Gasteiger partial charge in [-0.15, -0.1) is 0 Å². The van der Waals surface area contributed by atoms with Crippen molar-refractivity contribution in [1.82, 2.24) is 4.90 Å². The molecule has 7 heteroatoms. The number of carbonyl (C=O) groups excluding carboxylic acids is 2. The quantitative estimate of drug-likeness (QED) is 0.282. The molecule has 0 saturated carbocycles. The zero-order valence-corrected chi connectivity index (χ0v) is 19.3. The second-order valence-corrected chi connectivity index (χ2v) is 8.33. The van der Waals surface area contributed by atoms with Crippen molar-refractivity contribution in [2.75, 3.05) is 6.61 Å². The molecule has 1 aliphatic heterocycles. The van der Waals surface area contributed by atoms with Gasteiger partial charge in [-0.3, -0.25) is 9.59 Å². The van der Waals surface area contributed by atoms with Crippen molar-refractivity contribution in [3.05, 3.63) is 93.4 Å². The van der Waals surface area contributed by atoms with Crippen LogP contribution in [0.3, 0.4) is 0 Å². The van der Waals surface area contributed by atoms with Crippen molar-refractivity contribution < 1.29 is 23.8 Å². The summed E-state index contributed by atoms with van der Waals surface area (Å²) in [5.74, 6) is -0.394. The van der Waals surface area contributed by atoms with Crippen LogP contribution < -0.4 is 4.74 Å². The lowest BCUT2D eigenvalue weighted by Gasteiger charge is -2.24. The largest absolute Gasteiger partial charge is 0.507 e. The Kier molecular flexibility index (Phi) is 6.19. The van der Waals surface area contributed by atoms with E-state index < -0.39 is 17.7 Å². The molecule has 1 amide bonds. The number of ether oxygens (including phenoxy) is 1. The van der Waals surface area contributed by atoms with E-state index in [1.807, 2.05) is 13.8 Å². The normalized spacial score (nSPS) is 17.7. The summed E-state index contributed by atoms with van der Waals surface area (Å²) in [6, 6.07) is 15.2. The Bertz CT molecular complexity index is 1180. The highest BCUT2D eigenvalue weighted by atomic mass is 79.9. The zero-order valence-electron chi connectivity index (χ0n) is 17.7. The fourth-order valence-corrected chi connectivity index (χ4v) is 4.07. The highest BCUT2D eigenvalue weighted by Gasteiger charge is 2.46. The number of amides is 1. The predicted octanol–water partition coefficient (Wildman–Crippen LogP) is 5.37. The van der Waals surface area contributed by atoms with Crippen LogP contribution in [0.2, 0.25) is 0 Å². The molecule has 164 valence electrons. The number of ketones is 1. The number of carbonyl (C=O) groups is 2. The first kappa shape index (κ1) is 21.9. The van der Waals surface area contributed by atoms with E-state index in [2.05, 4.69) is 15.9 Å². The Morgan fingerprint density at radius 3 is 2.53 bits per heavy atom. The third-order valence-corrected chi connectivity index (χ3v) is 6.27. The molecule has 4 rings (SSSR count). The number of Topliss-reactive ketones (excluding diaryl/α,β-unsaturated/α-hetero) is 1. The Morgan fingerprint density at radius 2 is 1.91 bits per heavy atom. The molecule has 0 spiro atoms. The average Bonchev–Trinajstić information content (AvgIpc) is 3.38. The van der Waals surface area contributed by atoms with Crippen LogP contribution >= 0.6 is 15.9 Å². The third-order valence-electron chi connectivity index (χ3n) is 5.38. The maximum absolute atomic E-state index is 13.1. The van der Waals surface area contributed by atoms with Crippen molar-refractivity contribution >= 4 is 33.4 Å². The van der Waals surface area contributed by atoms with Gasteiger partial charge in [0, 0.05) is 10.0 Å². The third kappa shape index (κ3) is 4.08. The van der Waals surface area contributed by atoms with E-state index in [0.717, 1.165) is 10.0 Å². The molecule has 0 bridgehead atoms. The summed E-state index contributed by atoms with van der Waals surface area (Å²) in [6.45, 7) is 4.41. The van der Waals surface area contributed by atoms with Gasteiger partial charge in [0.05, 0.1) is 31.0 Å². The number of rotatable bonds is 6. The molecule has 1 atom stereocenters. The summed E-state index contributed by atoms with van der Waals surface area (Å²) in [5, 5.41) is 11.2. The van der Waals surface area contributed by atoms with Crippen LogP contribution in [0.4, 0.5) is 0 Å². The lowest BCUT2D eigenvalue weighted by atomic mass is 9.95. The smallest absolute Gasteiger partial charge is 0.296 e. The number of aryl methyl sites for hydroxylation is 1. The van der Waals surface area contributed by atoms with Gasteiger partial charge < -0.3 is 19.2 Å². The number of halogens is 1. The molecule has 1 saturated heterocycles. The zero-order chi connectivity index (χ0) is 22.8. The number of nitrogens with zero attached hydrogens (tertiary/aromatic N) is 1. The molecule has 1 aliphatic rings. The Morgan fingerprint density at radius 1 is 1.16 bits per heavy atom. The van der Waals surface area contributed by atoms with Crippen molar-refractivity contribution in [3.63, 3.8) is 0 Å². The Hall–Kier alpha value is -3.32. The van der Waals surface area contributed by atoms with E-state index in [-0.39, 0.29) is 17.9 Å². The van der Waals surface area contributed by atoms with Crippen LogP contribution in [0.1, 0.15) is 35.4 Å². The predicted molar refractivity (Wildman–Crippen MR) is 123 cm³/mol. The van der Waals surface area contributed by atoms with E-state index in [1.54, 1.807) is 54.6 Å². The second kappa shape index (κ2) is 9.04. The molecule has 32 heavy (non-hydrogen) atoms. The van der Waals surface area contributed by atoms with Gasteiger partial charge in [0.1, 0.15) is 17.3 Å². The summed E-state index contributed by atoms with van der Waals surface area (Å²) in [6.07, 6.45) is 1.52. The second-order valence-electron chi connectivity index (χ2n) is 7.47. The molecule has 3 aromatic rings. The van der Waals surface area contributed by atoms with Crippen molar-refractivity contribution in [2.24, 2.45) is 0 Å². The van der Waals surface area contributed by atoms with Crippen LogP contribution in [0.5, 0.6) is 5.75 Å². The van der Waals surface area contributed by atoms with Crippen molar-refractivity contribution in [2.45, 2.75) is 26.4 Å². The number of benzene rings is 2. The number of likely N-dealkylation sites (tertiary alicyclic amines) is 1. The number of furan rings is 1. The van der Waals surface area contributed by atoms with Gasteiger partial charge in [-0.25, -0.2) is 0 Å². The Labute approximate surface area is 194 Å². The van der Waals surface area contributed by atoms with Crippen LogP contribution in [0.25, 0.3) is 5.76 Å². The van der Waals surface area contributed by atoms with E-state index >= 15 is 0 Å². The molecular formula is C25H22BrNO5. The van der Waals surface area contributed by atoms with E-state index in [0.29, 0.717) is 29.2 Å². The summed E-state index contributed by atoms with van der Waals surface area (Å²) in [4.78, 5) is 27.5. The number of aliphatic hydroxyl groups is 1. The molecule has 1 aromatic heterocycles. The van der Waals surface area contributed by atoms with Gasteiger partial charge in [-0.2, -0.15) is 0 Å². The molecule has 6 nitrogen and oxygen atoms in total. The fraction of sp³-hybridized carbons (Fsp3) is 0.200. The summed E-state index contributed by atoms with van der Waals surface area (Å²) >= 11 is 3.44. The molecule has 1 unspecified atom stereocenters. The minimum absolute atomic E-state index is 0.0486. The SMILES string of the molecule is CCOc1ccc(C2/C(=C(/O)c3ccc(Br)c(C)c3)C(=O)C(=O)N2Cc2ccco2)cc1. The first-order valence-corrected chi connectivity index (χ1v) is 11.0. The molecule has 0 aliphatic carbocycles. The summed E-state index contributed by atoms with van der Waals surface area (Å²) in [7, 11) is 0. The highest BCUT2D eigenvalue weighted by molar-refractivity contribution is 9.10. The molecule has 0 radical (unpaired) electrons. The van der Waals surface area contributed by atoms with Crippen LogP contribution in [0.15, 0.2) is 75.3 Å². The molecule has 2 heterocycles. The first-order chi connectivity index (χ1) is 15.4. The lowest BCUT2D eigenvalue weighted by Crippen LogP contribution is -2.29. The molecule has 1 N–H and O–H groups in total. The van der Waals surface area contributed by atoms with Crippen LogP contribution in [0, 0.1) is 6.92 Å². The maximum Gasteiger partial charge on any atom is 0.296 e. The average molecular weight is 496 g/mol. The van der Waals surface area contributed by atoms with Gasteiger partial charge in [0.25, 0.3) is 11.7 Å². The van der Waals surface area contributed by atoms with Crippen LogP contribution in [-0.2, 0) is 16.1 Å². The number of aliphatic hydroxyl groups excluding tert-OH is 1. The number of hydrogen-bond acceptors (Lipinski definition) is 5. The van der Waals surface area contributed by atoms with E-state index in [9.17, 15) is 14.7 Å². The molecule has 2 aromatic carbocycles. The topological polar surface area (TPSA) is 80.0 Å². The monoisotopic (exact) mass is 495 g/mol. The molecular weight excluding hydrogens is 474 g/mol. The van der Waals surface area contributed by atoms with Gasteiger partial charge in [0.15, 0.2) is 0 Å². The minimum atomic E-state index is -0.764. The minimum Gasteiger partial charge on any atom is -0.507 e. The summed E-state index contributed by atoms with van der Waals surface area (Å²) < 4.78 is 11.8. The standard InChI is InChI=1S/C25H22BrNO5/c1-3-31-18-9-6-16(7-10-18)22-21(23(28)17-8-11-20(26)15(2)13-17)24(29)25(30)27(22)14-19-5-4-12-32-19/h4-13,22,28H,3,14H2,1-2H3/b23-21-. The van der Waals surface area contributed by atoms with Crippen molar-refractivity contribution in [3.8, 4) is 5.75 Å². The fourth-order valence-electron chi connectivity index (χ4n) is 3.82. The van der Waals surface area contributed by atoms with Gasteiger partial charge in [-0.1, -0.05) is 34.1 Å². The summed E-state index contributed by atoms with van der Waals surface area (Å²) in [5.41, 5.74) is 2.11. The van der Waals surface area contributed by atoms with Gasteiger partial charge >= 0.3 is 0 Å². The molecule has 1 fully saturated rings. The first-order valence-electron chi connectivity index (χ1n) is 10.2.